The van der Waals surface area contributed by atoms with Crippen molar-refractivity contribution in [1.82, 2.24) is 0 Å². The summed E-state index contributed by atoms with van der Waals surface area (Å²) >= 11 is -0.0864. The third-order valence-corrected chi connectivity index (χ3v) is 3.51. The van der Waals surface area contributed by atoms with Crippen LogP contribution in [0.2, 0.25) is 0 Å². The smallest absolute Gasteiger partial charge is 0.441 e. The molecule has 20 heavy (non-hydrogen) atoms. The van der Waals surface area contributed by atoms with Crippen LogP contribution in [-0.4, -0.2) is 17.9 Å². The zero-order valence-corrected chi connectivity index (χ0v) is 11.4. The van der Waals surface area contributed by atoms with Gasteiger partial charge in [0, 0.05) is 17.9 Å². The lowest BCUT2D eigenvalue weighted by molar-refractivity contribution is -0.0329. The van der Waals surface area contributed by atoms with Gasteiger partial charge in [0.25, 0.3) is 0 Å². The molecule has 2 aromatic rings. The summed E-state index contributed by atoms with van der Waals surface area (Å²) in [5.41, 5.74) is 2.33. The molecule has 0 heterocycles. The van der Waals surface area contributed by atoms with E-state index in [1.807, 2.05) is 30.3 Å². The summed E-state index contributed by atoms with van der Waals surface area (Å²) in [4.78, 5) is 0. The van der Waals surface area contributed by atoms with Crippen LogP contribution in [0.4, 0.5) is 13.2 Å². The minimum atomic E-state index is -4.22. The molecule has 0 aliphatic rings. The highest BCUT2D eigenvalue weighted by molar-refractivity contribution is 8.00. The summed E-state index contributed by atoms with van der Waals surface area (Å²) in [6, 6.07) is 11.3. The van der Waals surface area contributed by atoms with Crippen molar-refractivity contribution in [1.29, 1.82) is 0 Å². The largest absolute Gasteiger partial charge is 0.492 e. The third-order valence-electron chi connectivity index (χ3n) is 2.81. The molecule has 108 valence electrons. The highest BCUT2D eigenvalue weighted by atomic mass is 32.2. The van der Waals surface area contributed by atoms with E-state index in [0.29, 0.717) is 5.75 Å². The monoisotopic (exact) mass is 301 g/mol. The summed E-state index contributed by atoms with van der Waals surface area (Å²) in [5, 5.41) is 2.00. The number of rotatable bonds is 5. The number of fused-ring (bicyclic) bond motifs is 1. The second-order valence-corrected chi connectivity index (χ2v) is 5.27. The van der Waals surface area contributed by atoms with Crippen molar-refractivity contribution in [2.75, 3.05) is 12.4 Å². The van der Waals surface area contributed by atoms with Crippen molar-refractivity contribution in [3.05, 3.63) is 42.0 Å². The Morgan fingerprint density at radius 3 is 2.55 bits per heavy atom. The van der Waals surface area contributed by atoms with Crippen LogP contribution in [0, 0.1) is 0 Å². The minimum absolute atomic E-state index is 0.00445. The second kappa shape index (κ2) is 6.37. The van der Waals surface area contributed by atoms with Crippen LogP contribution >= 0.6 is 11.8 Å². The van der Waals surface area contributed by atoms with Crippen LogP contribution in [0.15, 0.2) is 36.4 Å². The fourth-order valence-electron chi connectivity index (χ4n) is 1.97. The standard InChI is InChI=1S/C14H14F3NOS/c15-14(16,17)20-8-7-19-13-6-5-10-3-1-2-4-11(10)12(13)9-18/h1-6H,7-9,18H2. The van der Waals surface area contributed by atoms with E-state index in [4.69, 9.17) is 10.5 Å². The molecule has 0 saturated heterocycles. The lowest BCUT2D eigenvalue weighted by Crippen LogP contribution is -2.09. The first-order valence-electron chi connectivity index (χ1n) is 6.05. The van der Waals surface area contributed by atoms with Crippen molar-refractivity contribution < 1.29 is 17.9 Å². The van der Waals surface area contributed by atoms with Gasteiger partial charge in [-0.15, -0.1) is 0 Å². The number of hydrogen-bond acceptors (Lipinski definition) is 3. The first-order valence-corrected chi connectivity index (χ1v) is 7.04. The molecule has 6 heteroatoms. The van der Waals surface area contributed by atoms with E-state index in [0.717, 1.165) is 16.3 Å². The summed E-state index contributed by atoms with van der Waals surface area (Å²) in [6.45, 7) is 0.276. The average Bonchev–Trinajstić information content (AvgIpc) is 2.42. The van der Waals surface area contributed by atoms with Crippen LogP contribution < -0.4 is 10.5 Å². The first-order chi connectivity index (χ1) is 9.51. The highest BCUT2D eigenvalue weighted by Crippen LogP contribution is 2.31. The Morgan fingerprint density at radius 2 is 1.85 bits per heavy atom. The predicted octanol–water partition coefficient (Wildman–Crippen LogP) is 3.93. The Balaban J connectivity index is 2.10. The fraction of sp³-hybridized carbons (Fsp3) is 0.286. The average molecular weight is 301 g/mol. The summed E-state index contributed by atoms with van der Waals surface area (Å²) < 4.78 is 41.5. The topological polar surface area (TPSA) is 35.2 Å². The molecule has 0 radical (unpaired) electrons. The molecule has 0 aromatic heterocycles. The van der Waals surface area contributed by atoms with E-state index in [1.54, 1.807) is 6.07 Å². The van der Waals surface area contributed by atoms with Gasteiger partial charge in [-0.1, -0.05) is 30.3 Å². The van der Waals surface area contributed by atoms with Gasteiger partial charge < -0.3 is 10.5 Å². The van der Waals surface area contributed by atoms with Crippen molar-refractivity contribution >= 4 is 22.5 Å². The molecular weight excluding hydrogens is 287 g/mol. The van der Waals surface area contributed by atoms with Crippen LogP contribution in [0.1, 0.15) is 5.56 Å². The van der Waals surface area contributed by atoms with Gasteiger partial charge in [-0.2, -0.15) is 13.2 Å². The normalized spacial score (nSPS) is 11.8. The number of hydrogen-bond donors (Lipinski definition) is 1. The zero-order chi connectivity index (χ0) is 14.6. The van der Waals surface area contributed by atoms with Gasteiger partial charge in [-0.3, -0.25) is 0 Å². The lowest BCUT2D eigenvalue weighted by atomic mass is 10.0. The highest BCUT2D eigenvalue weighted by Gasteiger charge is 2.27. The van der Waals surface area contributed by atoms with E-state index in [2.05, 4.69) is 0 Å². The van der Waals surface area contributed by atoms with Crippen molar-refractivity contribution in [2.45, 2.75) is 12.1 Å². The molecule has 2 nitrogen and oxygen atoms in total. The van der Waals surface area contributed by atoms with Crippen LogP contribution in [0.5, 0.6) is 5.75 Å². The second-order valence-electron chi connectivity index (χ2n) is 4.11. The van der Waals surface area contributed by atoms with E-state index >= 15 is 0 Å². The van der Waals surface area contributed by atoms with Gasteiger partial charge in [0.1, 0.15) is 5.75 Å². The summed E-state index contributed by atoms with van der Waals surface area (Å²) in [6.07, 6.45) is 0. The molecule has 2 aromatic carbocycles. The molecule has 0 spiro atoms. The van der Waals surface area contributed by atoms with Crippen molar-refractivity contribution in [3.63, 3.8) is 0 Å². The number of thioether (sulfide) groups is 1. The molecule has 2 N–H and O–H groups in total. The van der Waals surface area contributed by atoms with Crippen LogP contribution in [-0.2, 0) is 6.54 Å². The van der Waals surface area contributed by atoms with Gasteiger partial charge in [0.15, 0.2) is 0 Å². The SMILES string of the molecule is NCc1c(OCCSC(F)(F)F)ccc2ccccc12. The van der Waals surface area contributed by atoms with Crippen molar-refractivity contribution in [3.8, 4) is 5.75 Å². The number of alkyl halides is 3. The molecule has 0 amide bonds. The Labute approximate surface area is 119 Å². The maximum absolute atomic E-state index is 12.0. The number of ether oxygens (including phenoxy) is 1. The maximum Gasteiger partial charge on any atom is 0.441 e. The van der Waals surface area contributed by atoms with E-state index in [9.17, 15) is 13.2 Å². The molecule has 0 aliphatic carbocycles. The van der Waals surface area contributed by atoms with E-state index < -0.39 is 5.51 Å². The van der Waals surface area contributed by atoms with E-state index in [-0.39, 0.29) is 30.7 Å². The van der Waals surface area contributed by atoms with Gasteiger partial charge >= 0.3 is 5.51 Å². The Kier molecular flexibility index (Phi) is 4.77. The van der Waals surface area contributed by atoms with Crippen LogP contribution in [0.3, 0.4) is 0 Å². The molecule has 0 saturated carbocycles. The van der Waals surface area contributed by atoms with Crippen LogP contribution in [0.25, 0.3) is 10.8 Å². The molecular formula is C14H14F3NOS. The third kappa shape index (κ3) is 3.80. The number of nitrogens with two attached hydrogens (primary N) is 1. The molecule has 0 unspecified atom stereocenters. The number of halogens is 3. The predicted molar refractivity (Wildman–Crippen MR) is 75.8 cm³/mol. The first kappa shape index (κ1) is 15.0. The fourth-order valence-corrected chi connectivity index (χ4v) is 2.37. The van der Waals surface area contributed by atoms with E-state index in [1.165, 1.54) is 0 Å². The molecule has 0 aliphatic heterocycles. The number of benzene rings is 2. The maximum atomic E-state index is 12.0. The Bertz CT molecular complexity index is 586. The lowest BCUT2D eigenvalue weighted by Gasteiger charge is -2.13. The molecule has 0 fully saturated rings. The summed E-state index contributed by atoms with van der Waals surface area (Å²) in [5.74, 6) is 0.411. The summed E-state index contributed by atoms with van der Waals surface area (Å²) in [7, 11) is 0. The van der Waals surface area contributed by atoms with Gasteiger partial charge in [-0.25, -0.2) is 0 Å². The van der Waals surface area contributed by atoms with Gasteiger partial charge in [0.05, 0.1) is 6.61 Å². The van der Waals surface area contributed by atoms with Gasteiger partial charge in [0.2, 0.25) is 0 Å². The quantitative estimate of drug-likeness (QED) is 0.850. The Morgan fingerprint density at radius 1 is 1.10 bits per heavy atom. The minimum Gasteiger partial charge on any atom is -0.492 e. The molecule has 0 atom stereocenters. The molecule has 2 rings (SSSR count). The Hall–Kier alpha value is -1.40. The molecule has 0 bridgehead atoms. The van der Waals surface area contributed by atoms with Gasteiger partial charge in [-0.05, 0) is 28.6 Å². The zero-order valence-electron chi connectivity index (χ0n) is 10.6. The van der Waals surface area contributed by atoms with Crippen molar-refractivity contribution in [2.24, 2.45) is 5.73 Å².